The van der Waals surface area contributed by atoms with Gasteiger partial charge in [-0.05, 0) is 73.2 Å². The molecule has 0 aliphatic carbocycles. The first-order valence-corrected chi connectivity index (χ1v) is 16.3. The lowest BCUT2D eigenvalue weighted by Crippen LogP contribution is -2.49. The molecule has 41 heavy (non-hydrogen) atoms. The first-order chi connectivity index (χ1) is 19.8. The maximum absolute atomic E-state index is 13.1. The summed E-state index contributed by atoms with van der Waals surface area (Å²) in [5.41, 5.74) is 2.96. The SMILES string of the molecule is CCCCN(CCc1ccccc1)C(=O)NC1CCN(Cc2ccc(Oc3ccc(NS(C)(=O)=O)cc3)cc2)CC1. The first-order valence-electron chi connectivity index (χ1n) is 14.4. The molecule has 0 bridgehead atoms. The monoisotopic (exact) mass is 578 g/mol. The van der Waals surface area contributed by atoms with Crippen LogP contribution in [0, 0.1) is 0 Å². The molecule has 0 spiro atoms. The summed E-state index contributed by atoms with van der Waals surface area (Å²) in [6, 6.07) is 25.5. The van der Waals surface area contributed by atoms with E-state index in [2.05, 4.69) is 46.1 Å². The van der Waals surface area contributed by atoms with Crippen LogP contribution >= 0.6 is 0 Å². The van der Waals surface area contributed by atoms with Crippen molar-refractivity contribution in [1.82, 2.24) is 15.1 Å². The van der Waals surface area contributed by atoms with Gasteiger partial charge in [0.25, 0.3) is 0 Å². The second-order valence-electron chi connectivity index (χ2n) is 10.7. The van der Waals surface area contributed by atoms with Gasteiger partial charge in [0, 0.05) is 44.5 Å². The van der Waals surface area contributed by atoms with E-state index in [1.54, 1.807) is 24.3 Å². The molecule has 3 aromatic rings. The third-order valence-electron chi connectivity index (χ3n) is 7.22. The molecule has 8 nitrogen and oxygen atoms in total. The molecule has 0 aromatic heterocycles. The number of urea groups is 1. The predicted molar refractivity (Wildman–Crippen MR) is 165 cm³/mol. The molecule has 1 heterocycles. The Labute approximate surface area is 244 Å². The van der Waals surface area contributed by atoms with Crippen LogP contribution in [-0.2, 0) is 23.0 Å². The van der Waals surface area contributed by atoms with E-state index in [0.717, 1.165) is 76.8 Å². The molecule has 3 aromatic carbocycles. The topological polar surface area (TPSA) is 91.0 Å². The van der Waals surface area contributed by atoms with Gasteiger partial charge in [-0.1, -0.05) is 55.8 Å². The number of benzene rings is 3. The number of nitrogens with zero attached hydrogens (tertiary/aromatic N) is 2. The summed E-state index contributed by atoms with van der Waals surface area (Å²) in [6.07, 6.45) is 5.96. The van der Waals surface area contributed by atoms with Gasteiger partial charge in [0.1, 0.15) is 11.5 Å². The lowest BCUT2D eigenvalue weighted by molar-refractivity contribution is 0.168. The van der Waals surface area contributed by atoms with E-state index in [0.29, 0.717) is 11.4 Å². The van der Waals surface area contributed by atoms with Crippen molar-refractivity contribution in [3.05, 3.63) is 90.0 Å². The molecule has 0 radical (unpaired) electrons. The molecular formula is C32H42N4O4S. The molecule has 1 aliphatic heterocycles. The molecule has 0 saturated carbocycles. The minimum absolute atomic E-state index is 0.0599. The molecule has 220 valence electrons. The Morgan fingerprint density at radius 3 is 2.15 bits per heavy atom. The standard InChI is InChI=1S/C32H42N4O4S/c1-3-4-21-36(24-18-26-8-6-5-7-9-26)32(37)33-28-19-22-35(23-20-28)25-27-10-14-30(15-11-27)40-31-16-12-29(13-17-31)34-41(2,38)39/h5-17,28,34H,3-4,18-25H2,1-2H3,(H,33,37). The van der Waals surface area contributed by atoms with E-state index in [9.17, 15) is 13.2 Å². The molecule has 4 rings (SSSR count). The van der Waals surface area contributed by atoms with Crippen molar-refractivity contribution in [3.8, 4) is 11.5 Å². The van der Waals surface area contributed by atoms with E-state index in [1.165, 1.54) is 11.1 Å². The second-order valence-corrected chi connectivity index (χ2v) is 12.5. The van der Waals surface area contributed by atoms with Crippen molar-refractivity contribution in [2.24, 2.45) is 0 Å². The maximum atomic E-state index is 13.1. The normalized spacial score (nSPS) is 14.4. The molecule has 0 unspecified atom stereocenters. The number of nitrogens with one attached hydrogen (secondary N) is 2. The van der Waals surface area contributed by atoms with E-state index in [-0.39, 0.29) is 12.1 Å². The molecule has 0 atom stereocenters. The number of carbonyl (C=O) groups is 1. The number of ether oxygens (including phenoxy) is 1. The second kappa shape index (κ2) is 14.9. The summed E-state index contributed by atoms with van der Waals surface area (Å²) in [7, 11) is -3.31. The summed E-state index contributed by atoms with van der Waals surface area (Å²) >= 11 is 0. The third-order valence-corrected chi connectivity index (χ3v) is 7.83. The van der Waals surface area contributed by atoms with Crippen molar-refractivity contribution >= 4 is 21.7 Å². The molecule has 9 heteroatoms. The van der Waals surface area contributed by atoms with Crippen molar-refractivity contribution in [1.29, 1.82) is 0 Å². The Hall–Kier alpha value is -3.56. The number of hydrogen-bond acceptors (Lipinski definition) is 5. The fourth-order valence-electron chi connectivity index (χ4n) is 4.94. The van der Waals surface area contributed by atoms with Gasteiger partial charge in [0.15, 0.2) is 0 Å². The van der Waals surface area contributed by atoms with E-state index >= 15 is 0 Å². The van der Waals surface area contributed by atoms with Gasteiger partial charge in [-0.15, -0.1) is 0 Å². The lowest BCUT2D eigenvalue weighted by Gasteiger charge is -2.34. The highest BCUT2D eigenvalue weighted by atomic mass is 32.2. The number of hydrogen-bond donors (Lipinski definition) is 2. The highest BCUT2D eigenvalue weighted by Crippen LogP contribution is 2.24. The van der Waals surface area contributed by atoms with Crippen LogP contribution in [0.2, 0.25) is 0 Å². The van der Waals surface area contributed by atoms with E-state index in [1.807, 2.05) is 35.2 Å². The smallest absolute Gasteiger partial charge is 0.317 e. The van der Waals surface area contributed by atoms with Crippen LogP contribution in [0.25, 0.3) is 0 Å². The quantitative estimate of drug-likeness (QED) is 0.265. The van der Waals surface area contributed by atoms with Gasteiger partial charge in [-0.2, -0.15) is 0 Å². The average Bonchev–Trinajstić information content (AvgIpc) is 2.96. The Bertz CT molecular complexity index is 1320. The molecular weight excluding hydrogens is 536 g/mol. The third kappa shape index (κ3) is 10.4. The Balaban J connectivity index is 1.20. The summed E-state index contributed by atoms with van der Waals surface area (Å²) in [5.74, 6) is 1.35. The number of unbranched alkanes of at least 4 members (excludes halogenated alkanes) is 1. The highest BCUT2D eigenvalue weighted by Gasteiger charge is 2.23. The van der Waals surface area contributed by atoms with Crippen LogP contribution in [0.5, 0.6) is 11.5 Å². The zero-order valence-corrected chi connectivity index (χ0v) is 24.9. The van der Waals surface area contributed by atoms with Crippen LogP contribution in [0.4, 0.5) is 10.5 Å². The number of carbonyl (C=O) groups excluding carboxylic acids is 1. The fourth-order valence-corrected chi connectivity index (χ4v) is 5.50. The zero-order chi connectivity index (χ0) is 29.1. The number of rotatable bonds is 13. The van der Waals surface area contributed by atoms with Crippen molar-refractivity contribution in [2.75, 3.05) is 37.2 Å². The Kier molecular flexibility index (Phi) is 11.0. The van der Waals surface area contributed by atoms with E-state index < -0.39 is 10.0 Å². The molecule has 1 fully saturated rings. The van der Waals surface area contributed by atoms with Crippen LogP contribution in [0.3, 0.4) is 0 Å². The molecule has 2 N–H and O–H groups in total. The summed E-state index contributed by atoms with van der Waals surface area (Å²) in [5, 5.41) is 3.30. The van der Waals surface area contributed by atoms with Crippen LogP contribution < -0.4 is 14.8 Å². The minimum atomic E-state index is -3.31. The minimum Gasteiger partial charge on any atom is -0.457 e. The molecule has 1 aliphatic rings. The molecule has 2 amide bonds. The van der Waals surface area contributed by atoms with Crippen molar-refractivity contribution in [2.45, 2.75) is 51.6 Å². The van der Waals surface area contributed by atoms with E-state index in [4.69, 9.17) is 4.74 Å². The lowest BCUT2D eigenvalue weighted by atomic mass is 10.0. The van der Waals surface area contributed by atoms with Crippen molar-refractivity contribution < 1.29 is 17.9 Å². The van der Waals surface area contributed by atoms with Gasteiger partial charge in [0.05, 0.1) is 6.26 Å². The van der Waals surface area contributed by atoms with Gasteiger partial charge in [-0.25, -0.2) is 13.2 Å². The Morgan fingerprint density at radius 2 is 1.54 bits per heavy atom. The van der Waals surface area contributed by atoms with Gasteiger partial charge in [0.2, 0.25) is 10.0 Å². The van der Waals surface area contributed by atoms with Crippen LogP contribution in [0.1, 0.15) is 43.7 Å². The number of likely N-dealkylation sites (tertiary alicyclic amines) is 1. The Morgan fingerprint density at radius 1 is 0.902 bits per heavy atom. The highest BCUT2D eigenvalue weighted by molar-refractivity contribution is 7.92. The van der Waals surface area contributed by atoms with Crippen LogP contribution in [0.15, 0.2) is 78.9 Å². The van der Waals surface area contributed by atoms with Gasteiger partial charge < -0.3 is 15.0 Å². The number of anilines is 1. The van der Waals surface area contributed by atoms with Gasteiger partial charge >= 0.3 is 6.03 Å². The predicted octanol–water partition coefficient (Wildman–Crippen LogP) is 5.87. The number of sulfonamides is 1. The maximum Gasteiger partial charge on any atom is 0.317 e. The summed E-state index contributed by atoms with van der Waals surface area (Å²) in [6.45, 7) is 6.42. The average molecular weight is 579 g/mol. The fraction of sp³-hybridized carbons (Fsp3) is 0.406. The van der Waals surface area contributed by atoms with Crippen LogP contribution in [-0.4, -0.2) is 62.7 Å². The molecule has 1 saturated heterocycles. The summed E-state index contributed by atoms with van der Waals surface area (Å²) in [4.78, 5) is 17.5. The summed E-state index contributed by atoms with van der Waals surface area (Å²) < 4.78 is 31.1. The first kappa shape index (κ1) is 30.4. The zero-order valence-electron chi connectivity index (χ0n) is 24.1. The number of amides is 2. The number of piperidine rings is 1. The van der Waals surface area contributed by atoms with Crippen molar-refractivity contribution in [3.63, 3.8) is 0 Å². The largest absolute Gasteiger partial charge is 0.457 e. The van der Waals surface area contributed by atoms with Gasteiger partial charge in [-0.3, -0.25) is 9.62 Å².